The number of benzene rings is 1. The molecule has 1 atom stereocenters. The molecule has 0 bridgehead atoms. The van der Waals surface area contributed by atoms with Crippen LogP contribution in [0.5, 0.6) is 0 Å². The molecule has 1 unspecified atom stereocenters. The molecule has 4 nitrogen and oxygen atoms in total. The van der Waals surface area contributed by atoms with Gasteiger partial charge in [0.25, 0.3) is 0 Å². The van der Waals surface area contributed by atoms with Crippen LogP contribution in [0.3, 0.4) is 0 Å². The number of nitrogens with zero attached hydrogens (tertiary/aromatic N) is 1. The second-order valence-electron chi connectivity index (χ2n) is 4.82. The van der Waals surface area contributed by atoms with E-state index in [1.54, 1.807) is 0 Å². The van der Waals surface area contributed by atoms with Crippen molar-refractivity contribution in [2.45, 2.75) is 18.8 Å². The molecule has 0 aliphatic carbocycles. The summed E-state index contributed by atoms with van der Waals surface area (Å²) in [5.74, 6) is 0. The van der Waals surface area contributed by atoms with Gasteiger partial charge < -0.3 is 15.6 Å². The lowest BCUT2D eigenvalue weighted by Crippen LogP contribution is -2.43. The Balaban J connectivity index is 2.16. The van der Waals surface area contributed by atoms with Crippen LogP contribution in [-0.4, -0.2) is 42.4 Å². The summed E-state index contributed by atoms with van der Waals surface area (Å²) in [6.07, 6.45) is -4.76. The van der Waals surface area contributed by atoms with Crippen LogP contribution in [0, 0.1) is 0 Å². The number of alkyl halides is 3. The number of hydrogen-bond donors (Lipinski definition) is 2. The third kappa shape index (κ3) is 3.62. The summed E-state index contributed by atoms with van der Waals surface area (Å²) in [4.78, 5) is 1.84. The SMILES string of the molecule is Nc1ccc(CN2CCOC(CO)C2)c(C(F)(F)F)c1. The average Bonchev–Trinajstić information content (AvgIpc) is 2.40. The molecule has 1 saturated heterocycles. The maximum absolute atomic E-state index is 13.0. The third-order valence-electron chi connectivity index (χ3n) is 3.26. The Morgan fingerprint density at radius 3 is 2.80 bits per heavy atom. The highest BCUT2D eigenvalue weighted by Crippen LogP contribution is 2.34. The molecule has 112 valence electrons. The highest BCUT2D eigenvalue weighted by molar-refractivity contribution is 5.46. The van der Waals surface area contributed by atoms with E-state index in [2.05, 4.69) is 0 Å². The summed E-state index contributed by atoms with van der Waals surface area (Å²) in [6.45, 7) is 1.39. The van der Waals surface area contributed by atoms with Gasteiger partial charge >= 0.3 is 6.18 Å². The molecule has 7 heteroatoms. The third-order valence-corrected chi connectivity index (χ3v) is 3.26. The molecular formula is C13H17F3N2O2. The van der Waals surface area contributed by atoms with Crippen molar-refractivity contribution in [2.24, 2.45) is 0 Å². The molecule has 1 fully saturated rings. The first-order chi connectivity index (χ1) is 9.40. The normalized spacial score (nSPS) is 21.1. The number of anilines is 1. The Morgan fingerprint density at radius 1 is 1.40 bits per heavy atom. The van der Waals surface area contributed by atoms with E-state index in [1.807, 2.05) is 4.90 Å². The lowest BCUT2D eigenvalue weighted by molar-refractivity contribution is -0.138. The van der Waals surface area contributed by atoms with Crippen molar-refractivity contribution in [1.29, 1.82) is 0 Å². The van der Waals surface area contributed by atoms with Gasteiger partial charge in [-0.15, -0.1) is 0 Å². The number of aliphatic hydroxyl groups is 1. The van der Waals surface area contributed by atoms with Crippen LogP contribution in [0.1, 0.15) is 11.1 Å². The zero-order valence-corrected chi connectivity index (χ0v) is 10.9. The predicted molar refractivity (Wildman–Crippen MR) is 68.0 cm³/mol. The van der Waals surface area contributed by atoms with Crippen LogP contribution in [0.4, 0.5) is 18.9 Å². The van der Waals surface area contributed by atoms with Gasteiger partial charge in [0.15, 0.2) is 0 Å². The van der Waals surface area contributed by atoms with Crippen molar-refractivity contribution < 1.29 is 23.0 Å². The molecule has 1 aromatic rings. The summed E-state index contributed by atoms with van der Waals surface area (Å²) < 4.78 is 44.2. The second kappa shape index (κ2) is 5.99. The molecule has 0 saturated carbocycles. The molecule has 0 radical (unpaired) electrons. The Bertz CT molecular complexity index is 465. The first-order valence-corrected chi connectivity index (χ1v) is 6.30. The minimum Gasteiger partial charge on any atom is -0.399 e. The van der Waals surface area contributed by atoms with Crippen molar-refractivity contribution in [3.63, 3.8) is 0 Å². The zero-order valence-electron chi connectivity index (χ0n) is 10.9. The zero-order chi connectivity index (χ0) is 14.8. The van der Waals surface area contributed by atoms with Gasteiger partial charge in [0.05, 0.1) is 24.9 Å². The molecule has 20 heavy (non-hydrogen) atoms. The van der Waals surface area contributed by atoms with Gasteiger partial charge in [-0.1, -0.05) is 6.07 Å². The molecule has 1 aromatic carbocycles. The van der Waals surface area contributed by atoms with Gasteiger partial charge in [0, 0.05) is 25.3 Å². The molecule has 1 aliphatic heterocycles. The largest absolute Gasteiger partial charge is 0.416 e. The molecule has 1 heterocycles. The van der Waals surface area contributed by atoms with E-state index in [-0.39, 0.29) is 30.5 Å². The van der Waals surface area contributed by atoms with E-state index in [4.69, 9.17) is 15.6 Å². The number of hydrogen-bond acceptors (Lipinski definition) is 4. The highest BCUT2D eigenvalue weighted by Gasteiger charge is 2.34. The highest BCUT2D eigenvalue weighted by atomic mass is 19.4. The van der Waals surface area contributed by atoms with Crippen LogP contribution in [0.2, 0.25) is 0 Å². The Labute approximate surface area is 114 Å². The minimum atomic E-state index is -4.42. The Morgan fingerprint density at radius 2 is 2.15 bits per heavy atom. The van der Waals surface area contributed by atoms with Crippen molar-refractivity contribution in [3.8, 4) is 0 Å². The van der Waals surface area contributed by atoms with Crippen LogP contribution < -0.4 is 5.73 Å². The van der Waals surface area contributed by atoms with Crippen molar-refractivity contribution in [3.05, 3.63) is 29.3 Å². The van der Waals surface area contributed by atoms with E-state index < -0.39 is 11.7 Å². The first kappa shape index (κ1) is 15.1. The second-order valence-corrected chi connectivity index (χ2v) is 4.82. The van der Waals surface area contributed by atoms with Gasteiger partial charge in [0.1, 0.15) is 0 Å². The van der Waals surface area contributed by atoms with Gasteiger partial charge in [-0.2, -0.15) is 13.2 Å². The Hall–Kier alpha value is -1.31. The number of nitrogen functional groups attached to an aromatic ring is 1. The maximum Gasteiger partial charge on any atom is 0.416 e. The van der Waals surface area contributed by atoms with Gasteiger partial charge in [-0.3, -0.25) is 4.90 Å². The van der Waals surface area contributed by atoms with Gasteiger partial charge in [0.2, 0.25) is 0 Å². The summed E-state index contributed by atoms with van der Waals surface area (Å²) in [5, 5.41) is 9.05. The number of ether oxygens (including phenoxy) is 1. The number of morpholine rings is 1. The van der Waals surface area contributed by atoms with E-state index >= 15 is 0 Å². The van der Waals surface area contributed by atoms with Crippen LogP contribution >= 0.6 is 0 Å². The van der Waals surface area contributed by atoms with Crippen LogP contribution in [0.25, 0.3) is 0 Å². The molecule has 3 N–H and O–H groups in total. The number of rotatable bonds is 3. The summed E-state index contributed by atoms with van der Waals surface area (Å²) in [7, 11) is 0. The van der Waals surface area contributed by atoms with Crippen molar-refractivity contribution in [2.75, 3.05) is 32.0 Å². The monoisotopic (exact) mass is 290 g/mol. The van der Waals surface area contributed by atoms with Crippen molar-refractivity contribution in [1.82, 2.24) is 4.90 Å². The maximum atomic E-state index is 13.0. The average molecular weight is 290 g/mol. The molecular weight excluding hydrogens is 273 g/mol. The number of nitrogens with two attached hydrogens (primary N) is 1. The van der Waals surface area contributed by atoms with Crippen LogP contribution in [-0.2, 0) is 17.5 Å². The number of halogens is 3. The first-order valence-electron chi connectivity index (χ1n) is 6.30. The topological polar surface area (TPSA) is 58.7 Å². The molecule has 0 amide bonds. The molecule has 2 rings (SSSR count). The fourth-order valence-electron chi connectivity index (χ4n) is 2.27. The standard InChI is InChI=1S/C13H17F3N2O2/c14-13(15,16)12-5-10(17)2-1-9(12)6-18-3-4-20-11(7-18)8-19/h1-2,5,11,19H,3-4,6-8,17H2. The van der Waals surface area contributed by atoms with E-state index in [1.165, 1.54) is 12.1 Å². The number of aliphatic hydroxyl groups excluding tert-OH is 1. The summed E-state index contributed by atoms with van der Waals surface area (Å²) >= 11 is 0. The van der Waals surface area contributed by atoms with Crippen LogP contribution in [0.15, 0.2) is 18.2 Å². The van der Waals surface area contributed by atoms with Gasteiger partial charge in [-0.25, -0.2) is 0 Å². The molecule has 0 spiro atoms. The fraction of sp³-hybridized carbons (Fsp3) is 0.538. The molecule has 1 aliphatic rings. The predicted octanol–water partition coefficient (Wildman–Crippen LogP) is 1.48. The minimum absolute atomic E-state index is 0.0938. The van der Waals surface area contributed by atoms with Gasteiger partial charge in [-0.05, 0) is 17.7 Å². The summed E-state index contributed by atoms with van der Waals surface area (Å²) in [6, 6.07) is 3.83. The van der Waals surface area contributed by atoms with E-state index in [9.17, 15) is 13.2 Å². The fourth-order valence-corrected chi connectivity index (χ4v) is 2.27. The summed E-state index contributed by atoms with van der Waals surface area (Å²) in [5.41, 5.74) is 5.01. The van der Waals surface area contributed by atoms with E-state index in [0.717, 1.165) is 6.07 Å². The van der Waals surface area contributed by atoms with E-state index in [0.29, 0.717) is 19.7 Å². The lowest BCUT2D eigenvalue weighted by Gasteiger charge is -2.32. The van der Waals surface area contributed by atoms with Crippen molar-refractivity contribution >= 4 is 5.69 Å². The lowest BCUT2D eigenvalue weighted by atomic mass is 10.0. The smallest absolute Gasteiger partial charge is 0.399 e. The molecule has 0 aromatic heterocycles. The quantitative estimate of drug-likeness (QED) is 0.828. The Kier molecular flexibility index (Phi) is 4.52.